The van der Waals surface area contributed by atoms with Crippen LogP contribution in [0, 0.1) is 18.3 Å². The molecular weight excluding hydrogens is 314 g/mol. The van der Waals surface area contributed by atoms with E-state index in [9.17, 15) is 15.6 Å². The minimum absolute atomic E-state index is 0.103. The van der Waals surface area contributed by atoms with Gasteiger partial charge in [-0.2, -0.15) is 5.26 Å². The molecule has 0 aliphatic carbocycles. The molecule has 0 unspecified atom stereocenters. The van der Waals surface area contributed by atoms with Gasteiger partial charge in [-0.3, -0.25) is 15.3 Å². The Morgan fingerprint density at radius 1 is 1.16 bits per heavy atom. The maximum absolute atomic E-state index is 10.0. The third-order valence-electron chi connectivity index (χ3n) is 4.53. The zero-order valence-electron chi connectivity index (χ0n) is 13.6. The second kappa shape index (κ2) is 5.62. The second-order valence-electron chi connectivity index (χ2n) is 6.08. The smallest absolute Gasteiger partial charge is 0.143 e. The number of rotatable bonds is 1. The molecule has 0 bridgehead atoms. The van der Waals surface area contributed by atoms with Gasteiger partial charge in [-0.05, 0) is 23.3 Å². The largest absolute Gasteiger partial charge is 0.506 e. The summed E-state index contributed by atoms with van der Waals surface area (Å²) in [6.45, 7) is 2.15. The van der Waals surface area contributed by atoms with Crippen LogP contribution < -0.4 is 0 Å². The molecule has 5 heteroatoms. The number of nitrogens with zero attached hydrogens (tertiary/aromatic N) is 3. The number of aromatic nitrogens is 1. The first-order chi connectivity index (χ1) is 12.1. The van der Waals surface area contributed by atoms with Crippen molar-refractivity contribution in [2.75, 3.05) is 0 Å². The van der Waals surface area contributed by atoms with E-state index in [1.54, 1.807) is 6.20 Å². The number of aliphatic hydroxyl groups is 1. The van der Waals surface area contributed by atoms with Crippen LogP contribution in [0.25, 0.3) is 27.8 Å². The average Bonchev–Trinajstić information content (AvgIpc) is 2.60. The molecule has 2 aromatic carbocycles. The van der Waals surface area contributed by atoms with Crippen molar-refractivity contribution in [3.8, 4) is 17.3 Å². The summed E-state index contributed by atoms with van der Waals surface area (Å²) in [5.41, 5.74) is 3.94. The van der Waals surface area contributed by atoms with E-state index in [0.717, 1.165) is 27.0 Å². The zero-order chi connectivity index (χ0) is 17.6. The molecule has 1 aliphatic heterocycles. The van der Waals surface area contributed by atoms with Crippen molar-refractivity contribution in [3.63, 3.8) is 0 Å². The molecule has 0 saturated heterocycles. The van der Waals surface area contributed by atoms with Gasteiger partial charge in [0.25, 0.3) is 0 Å². The molecule has 0 amide bonds. The van der Waals surface area contributed by atoms with E-state index in [1.807, 2.05) is 43.3 Å². The van der Waals surface area contributed by atoms with E-state index in [0.29, 0.717) is 22.4 Å². The van der Waals surface area contributed by atoms with E-state index in [1.165, 1.54) is 6.20 Å². The Hall–Kier alpha value is -3.36. The highest BCUT2D eigenvalue weighted by atomic mass is 16.5. The number of hydroxylamine groups is 2. The Balaban J connectivity index is 2.05. The van der Waals surface area contributed by atoms with Crippen molar-refractivity contribution < 1.29 is 10.3 Å². The van der Waals surface area contributed by atoms with Gasteiger partial charge in [-0.15, -0.1) is 0 Å². The highest BCUT2D eigenvalue weighted by Gasteiger charge is 2.24. The quantitative estimate of drug-likeness (QED) is 0.701. The van der Waals surface area contributed by atoms with E-state index in [-0.39, 0.29) is 12.3 Å². The number of pyridine rings is 1. The van der Waals surface area contributed by atoms with E-state index in [4.69, 9.17) is 0 Å². The van der Waals surface area contributed by atoms with Gasteiger partial charge >= 0.3 is 0 Å². The summed E-state index contributed by atoms with van der Waals surface area (Å²) in [5, 5.41) is 32.6. The topological polar surface area (TPSA) is 80.4 Å². The molecule has 122 valence electrons. The molecule has 2 N–H and O–H groups in total. The highest BCUT2D eigenvalue weighted by Crippen LogP contribution is 2.36. The van der Waals surface area contributed by atoms with Crippen LogP contribution in [-0.2, 0) is 6.54 Å². The molecule has 4 rings (SSSR count). The van der Waals surface area contributed by atoms with Gasteiger partial charge < -0.3 is 5.11 Å². The van der Waals surface area contributed by atoms with Gasteiger partial charge in [0.2, 0.25) is 0 Å². The van der Waals surface area contributed by atoms with Gasteiger partial charge in [0.15, 0.2) is 0 Å². The van der Waals surface area contributed by atoms with Crippen LogP contribution >= 0.6 is 0 Å². The molecule has 3 aromatic rings. The molecule has 5 nitrogen and oxygen atoms in total. The number of aryl methyl sites for hydroxylation is 1. The van der Waals surface area contributed by atoms with Crippen LogP contribution in [0.2, 0.25) is 0 Å². The third kappa shape index (κ3) is 2.32. The monoisotopic (exact) mass is 329 g/mol. The minimum Gasteiger partial charge on any atom is -0.506 e. The van der Waals surface area contributed by atoms with Gasteiger partial charge in [0, 0.05) is 22.9 Å². The third-order valence-corrected chi connectivity index (χ3v) is 4.53. The fourth-order valence-corrected chi connectivity index (χ4v) is 3.40. The number of nitriles is 1. The first-order valence-electron chi connectivity index (χ1n) is 7.87. The second-order valence-corrected chi connectivity index (χ2v) is 6.08. The van der Waals surface area contributed by atoms with Crippen LogP contribution in [0.3, 0.4) is 0 Å². The van der Waals surface area contributed by atoms with Crippen LogP contribution in [0.5, 0.6) is 0 Å². The maximum atomic E-state index is 10.0. The van der Waals surface area contributed by atoms with Crippen molar-refractivity contribution >= 4 is 16.5 Å². The van der Waals surface area contributed by atoms with Crippen molar-refractivity contribution in [1.82, 2.24) is 10.0 Å². The summed E-state index contributed by atoms with van der Waals surface area (Å²) in [4.78, 5) is 4.48. The molecule has 0 spiro atoms. The predicted molar refractivity (Wildman–Crippen MR) is 94.6 cm³/mol. The van der Waals surface area contributed by atoms with Crippen molar-refractivity contribution in [3.05, 3.63) is 71.0 Å². The van der Waals surface area contributed by atoms with Gasteiger partial charge in [0.05, 0.1) is 24.0 Å². The molecule has 0 atom stereocenters. The fourth-order valence-electron chi connectivity index (χ4n) is 3.40. The van der Waals surface area contributed by atoms with Gasteiger partial charge in [-0.25, -0.2) is 0 Å². The predicted octanol–water partition coefficient (Wildman–Crippen LogP) is 4.14. The lowest BCUT2D eigenvalue weighted by atomic mass is 9.92. The van der Waals surface area contributed by atoms with Crippen LogP contribution in [-0.4, -0.2) is 20.4 Å². The van der Waals surface area contributed by atoms with Crippen LogP contribution in [0.1, 0.15) is 22.3 Å². The Morgan fingerprint density at radius 2 is 1.92 bits per heavy atom. The normalized spacial score (nSPS) is 13.3. The van der Waals surface area contributed by atoms with E-state index in [2.05, 4.69) is 11.1 Å². The summed E-state index contributed by atoms with van der Waals surface area (Å²) in [7, 11) is 0. The number of benzene rings is 2. The SMILES string of the molecule is Cc1cccc2cccc(-c3ncc4c(c3C#N)CN(O)C=C4O)c12. The molecule has 2 heterocycles. The summed E-state index contributed by atoms with van der Waals surface area (Å²) in [6, 6.07) is 14.2. The van der Waals surface area contributed by atoms with Crippen LogP contribution in [0.4, 0.5) is 0 Å². The lowest BCUT2D eigenvalue weighted by Gasteiger charge is -2.23. The van der Waals surface area contributed by atoms with E-state index < -0.39 is 0 Å². The Bertz CT molecular complexity index is 1070. The molecule has 0 radical (unpaired) electrons. The van der Waals surface area contributed by atoms with Crippen molar-refractivity contribution in [2.45, 2.75) is 13.5 Å². The Morgan fingerprint density at radius 3 is 2.68 bits per heavy atom. The fraction of sp³-hybridized carbons (Fsp3) is 0.100. The average molecular weight is 329 g/mol. The zero-order valence-corrected chi connectivity index (χ0v) is 13.6. The van der Waals surface area contributed by atoms with Gasteiger partial charge in [0.1, 0.15) is 11.8 Å². The molecule has 1 aromatic heterocycles. The highest BCUT2D eigenvalue weighted by molar-refractivity contribution is 5.99. The number of hydrogen-bond acceptors (Lipinski definition) is 5. The number of aliphatic hydroxyl groups excluding tert-OH is 1. The molecule has 1 aliphatic rings. The lowest BCUT2D eigenvalue weighted by Crippen LogP contribution is -2.19. The van der Waals surface area contributed by atoms with Gasteiger partial charge in [-0.1, -0.05) is 36.4 Å². The summed E-state index contributed by atoms with van der Waals surface area (Å²) in [6.07, 6.45) is 2.77. The summed E-state index contributed by atoms with van der Waals surface area (Å²) in [5.74, 6) is -0.103. The molecule has 0 saturated carbocycles. The lowest BCUT2D eigenvalue weighted by molar-refractivity contribution is -0.0517. The van der Waals surface area contributed by atoms with E-state index >= 15 is 0 Å². The maximum Gasteiger partial charge on any atom is 0.143 e. The summed E-state index contributed by atoms with van der Waals surface area (Å²) < 4.78 is 0. The number of hydrogen-bond donors (Lipinski definition) is 2. The molecule has 25 heavy (non-hydrogen) atoms. The standard InChI is InChI=1S/C20H15N3O2/c1-12-4-2-5-13-6-3-7-14(19(12)13)20-15(8-21)17-10-23(25)11-18(24)16(17)9-22-20/h2-7,9,11,24-25H,10H2,1H3. The number of fused-ring (bicyclic) bond motifs is 2. The van der Waals surface area contributed by atoms with Crippen molar-refractivity contribution in [1.29, 1.82) is 5.26 Å². The minimum atomic E-state index is -0.103. The van der Waals surface area contributed by atoms with Crippen molar-refractivity contribution in [2.24, 2.45) is 0 Å². The molecule has 0 fully saturated rings. The van der Waals surface area contributed by atoms with Crippen LogP contribution in [0.15, 0.2) is 48.8 Å². The Labute approximate surface area is 144 Å². The molecular formula is C20H15N3O2. The summed E-state index contributed by atoms with van der Waals surface area (Å²) >= 11 is 0. The first-order valence-corrected chi connectivity index (χ1v) is 7.87. The first kappa shape index (κ1) is 15.2. The Kier molecular flexibility index (Phi) is 3.41.